The molecule has 2 heterocycles. The van der Waals surface area contributed by atoms with E-state index in [9.17, 15) is 9.59 Å². The second-order valence-electron chi connectivity index (χ2n) is 5.45. The van der Waals surface area contributed by atoms with Crippen molar-refractivity contribution in [1.82, 2.24) is 5.32 Å². The molecule has 0 spiro atoms. The fraction of sp³-hybridized carbons (Fsp3) is 0.500. The molecule has 21 heavy (non-hydrogen) atoms. The van der Waals surface area contributed by atoms with E-state index in [4.69, 9.17) is 4.74 Å². The molecule has 5 heteroatoms. The highest BCUT2D eigenvalue weighted by atomic mass is 32.1. The monoisotopic (exact) mass is 307 g/mol. The summed E-state index contributed by atoms with van der Waals surface area (Å²) in [5, 5.41) is 4.94. The number of carbonyl (C=O) groups is 2. The normalized spacial score (nSPS) is 28.2. The lowest BCUT2D eigenvalue weighted by Gasteiger charge is -2.21. The molecular formula is C16H21NO3S. The maximum Gasteiger partial charge on any atom is 0.309 e. The van der Waals surface area contributed by atoms with Crippen LogP contribution >= 0.6 is 11.3 Å². The van der Waals surface area contributed by atoms with Gasteiger partial charge in [-0.15, -0.1) is 11.3 Å². The molecule has 114 valence electrons. The van der Waals surface area contributed by atoms with Gasteiger partial charge in [-0.05, 0) is 24.3 Å². The van der Waals surface area contributed by atoms with Crippen LogP contribution in [0.25, 0.3) is 0 Å². The summed E-state index contributed by atoms with van der Waals surface area (Å²) in [5.41, 5.74) is 0. The number of carbonyl (C=O) groups excluding carboxylic acids is 2. The number of amides is 1. The molecule has 0 aliphatic carbocycles. The lowest BCUT2D eigenvalue weighted by atomic mass is 10.0. The Morgan fingerprint density at radius 3 is 2.57 bits per heavy atom. The van der Waals surface area contributed by atoms with Crippen LogP contribution < -0.4 is 5.32 Å². The van der Waals surface area contributed by atoms with Crippen LogP contribution in [0, 0.1) is 11.8 Å². The van der Waals surface area contributed by atoms with Crippen LogP contribution in [-0.2, 0) is 14.3 Å². The van der Waals surface area contributed by atoms with E-state index >= 15 is 0 Å². The summed E-state index contributed by atoms with van der Waals surface area (Å²) in [6.07, 6.45) is 5.26. The lowest BCUT2D eigenvalue weighted by molar-refractivity contribution is -0.149. The van der Waals surface area contributed by atoms with Gasteiger partial charge in [-0.2, -0.15) is 0 Å². The quantitative estimate of drug-likeness (QED) is 0.641. The first-order chi connectivity index (χ1) is 10.1. The topological polar surface area (TPSA) is 55.4 Å². The molecule has 0 bridgehead atoms. The summed E-state index contributed by atoms with van der Waals surface area (Å²) < 4.78 is 5.37. The first-order valence-electron chi connectivity index (χ1n) is 7.23. The Labute approximate surface area is 129 Å². The van der Waals surface area contributed by atoms with Crippen molar-refractivity contribution in [3.8, 4) is 0 Å². The molecule has 1 aromatic rings. The van der Waals surface area contributed by atoms with Crippen LogP contribution in [0.3, 0.4) is 0 Å². The zero-order chi connectivity index (χ0) is 15.2. The number of cyclic esters (lactones) is 1. The van der Waals surface area contributed by atoms with Crippen LogP contribution in [0.15, 0.2) is 29.7 Å². The molecule has 1 N–H and O–H groups in total. The smallest absolute Gasteiger partial charge is 0.309 e. The fourth-order valence-electron chi connectivity index (χ4n) is 2.11. The van der Waals surface area contributed by atoms with Gasteiger partial charge in [0.15, 0.2) is 0 Å². The number of hydrogen-bond donors (Lipinski definition) is 1. The second-order valence-corrected chi connectivity index (χ2v) is 6.43. The van der Waals surface area contributed by atoms with Crippen molar-refractivity contribution in [3.05, 3.63) is 34.5 Å². The lowest BCUT2D eigenvalue weighted by Crippen LogP contribution is -2.35. The van der Waals surface area contributed by atoms with Crippen molar-refractivity contribution < 1.29 is 14.3 Å². The fourth-order valence-corrected chi connectivity index (χ4v) is 2.87. The second kappa shape index (κ2) is 7.41. The van der Waals surface area contributed by atoms with E-state index < -0.39 is 0 Å². The Balaban J connectivity index is 2.16. The molecular weight excluding hydrogens is 286 g/mol. The number of thiophene rings is 1. The first-order valence-corrected chi connectivity index (χ1v) is 8.11. The van der Waals surface area contributed by atoms with Crippen LogP contribution in [-0.4, -0.2) is 18.5 Å². The number of nitrogens with one attached hydrogen (secondary N) is 1. The van der Waals surface area contributed by atoms with Crippen molar-refractivity contribution in [2.45, 2.75) is 32.7 Å². The molecule has 0 aromatic carbocycles. The van der Waals surface area contributed by atoms with Crippen LogP contribution in [0.2, 0.25) is 0 Å². The van der Waals surface area contributed by atoms with E-state index in [0.29, 0.717) is 12.8 Å². The van der Waals surface area contributed by atoms with Gasteiger partial charge in [0, 0.05) is 10.8 Å². The summed E-state index contributed by atoms with van der Waals surface area (Å²) in [7, 11) is 0. The molecule has 0 unspecified atom stereocenters. The van der Waals surface area contributed by atoms with Crippen molar-refractivity contribution in [2.75, 3.05) is 6.61 Å². The molecule has 1 aliphatic heterocycles. The van der Waals surface area contributed by atoms with Crippen molar-refractivity contribution in [1.29, 1.82) is 0 Å². The maximum absolute atomic E-state index is 12.2. The summed E-state index contributed by atoms with van der Waals surface area (Å²) >= 11 is 1.55. The summed E-state index contributed by atoms with van der Waals surface area (Å²) in [6.45, 7) is 3.96. The largest absolute Gasteiger partial charge is 0.463 e. The van der Waals surface area contributed by atoms with Crippen LogP contribution in [0.4, 0.5) is 0 Å². The number of allylic oxidation sites excluding steroid dienone is 2. The third-order valence-electron chi connectivity index (χ3n) is 3.59. The third kappa shape index (κ3) is 4.43. The first kappa shape index (κ1) is 15.8. The minimum absolute atomic E-state index is 0.0114. The SMILES string of the molecule is C[C@@H]1CC=CC[C@H](C)C(=O)N[C@H](c2cccs2)COC1=O. The van der Waals surface area contributed by atoms with E-state index in [1.165, 1.54) is 0 Å². The molecule has 0 saturated heterocycles. The minimum atomic E-state index is -0.264. The molecule has 0 fully saturated rings. The molecule has 0 radical (unpaired) electrons. The molecule has 3 atom stereocenters. The van der Waals surface area contributed by atoms with Crippen LogP contribution in [0.1, 0.15) is 37.6 Å². The van der Waals surface area contributed by atoms with Gasteiger partial charge in [-0.25, -0.2) is 0 Å². The number of hydrogen-bond acceptors (Lipinski definition) is 4. The highest BCUT2D eigenvalue weighted by Crippen LogP contribution is 2.21. The summed E-state index contributed by atoms with van der Waals surface area (Å²) in [5.74, 6) is -0.475. The van der Waals surface area contributed by atoms with E-state index in [0.717, 1.165) is 4.88 Å². The van der Waals surface area contributed by atoms with Gasteiger partial charge in [0.1, 0.15) is 6.61 Å². The Hall–Kier alpha value is -1.62. The number of esters is 1. The average molecular weight is 307 g/mol. The van der Waals surface area contributed by atoms with Crippen molar-refractivity contribution >= 4 is 23.2 Å². The Morgan fingerprint density at radius 2 is 1.90 bits per heavy atom. The standard InChI is InChI=1S/C16H21NO3S/c1-11-6-3-4-7-12(2)16(19)20-10-13(17-15(11)18)14-8-5-9-21-14/h3-5,8-9,11-13H,6-7,10H2,1-2H3,(H,17,18)/t11-,12+,13-/m0/s1. The summed E-state index contributed by atoms with van der Waals surface area (Å²) in [6, 6.07) is 3.61. The average Bonchev–Trinajstić information content (AvgIpc) is 2.99. The van der Waals surface area contributed by atoms with Gasteiger partial charge in [0.2, 0.25) is 5.91 Å². The number of ether oxygens (including phenoxy) is 1. The molecule has 0 saturated carbocycles. The van der Waals surface area contributed by atoms with Gasteiger partial charge < -0.3 is 10.1 Å². The summed E-state index contributed by atoms with van der Waals surface area (Å²) in [4.78, 5) is 25.1. The molecule has 1 aromatic heterocycles. The van der Waals surface area contributed by atoms with Gasteiger partial charge >= 0.3 is 5.97 Å². The Kier molecular flexibility index (Phi) is 5.56. The third-order valence-corrected chi connectivity index (χ3v) is 4.58. The van der Waals surface area contributed by atoms with Crippen molar-refractivity contribution in [3.63, 3.8) is 0 Å². The van der Waals surface area contributed by atoms with Crippen molar-refractivity contribution in [2.24, 2.45) is 11.8 Å². The molecule has 1 aliphatic rings. The predicted molar refractivity (Wildman–Crippen MR) is 82.9 cm³/mol. The van der Waals surface area contributed by atoms with E-state index in [-0.39, 0.29) is 36.4 Å². The highest BCUT2D eigenvalue weighted by Gasteiger charge is 2.22. The van der Waals surface area contributed by atoms with Gasteiger partial charge in [-0.3, -0.25) is 9.59 Å². The van der Waals surface area contributed by atoms with E-state index in [1.807, 2.05) is 43.5 Å². The van der Waals surface area contributed by atoms with E-state index in [2.05, 4.69) is 5.32 Å². The minimum Gasteiger partial charge on any atom is -0.463 e. The maximum atomic E-state index is 12.2. The highest BCUT2D eigenvalue weighted by molar-refractivity contribution is 7.10. The van der Waals surface area contributed by atoms with Crippen LogP contribution in [0.5, 0.6) is 0 Å². The van der Waals surface area contributed by atoms with E-state index in [1.54, 1.807) is 11.3 Å². The van der Waals surface area contributed by atoms with Gasteiger partial charge in [0.05, 0.1) is 12.0 Å². The molecule has 1 amide bonds. The van der Waals surface area contributed by atoms with Gasteiger partial charge in [-0.1, -0.05) is 32.1 Å². The van der Waals surface area contributed by atoms with Gasteiger partial charge in [0.25, 0.3) is 0 Å². The zero-order valence-electron chi connectivity index (χ0n) is 12.4. The predicted octanol–water partition coefficient (Wildman–Crippen LogP) is 3.07. The zero-order valence-corrected chi connectivity index (χ0v) is 13.2. The number of rotatable bonds is 1. The molecule has 4 nitrogen and oxygen atoms in total. The Bertz CT molecular complexity index is 510. The Morgan fingerprint density at radius 1 is 1.19 bits per heavy atom. The molecule has 2 rings (SSSR count).